The van der Waals surface area contributed by atoms with E-state index in [1.807, 2.05) is 36.9 Å². The van der Waals surface area contributed by atoms with Crippen LogP contribution in [0.1, 0.15) is 51.8 Å². The third-order valence-electron chi connectivity index (χ3n) is 5.75. The third kappa shape index (κ3) is 3.57. The summed E-state index contributed by atoms with van der Waals surface area (Å²) in [5, 5.41) is 0. The number of rotatable bonds is 4. The van der Waals surface area contributed by atoms with Gasteiger partial charge in [-0.25, -0.2) is 0 Å². The molecule has 1 aliphatic heterocycles. The molecule has 1 fully saturated rings. The highest BCUT2D eigenvalue weighted by Gasteiger charge is 2.26. The van der Waals surface area contributed by atoms with Crippen molar-refractivity contribution in [2.24, 2.45) is 0 Å². The minimum absolute atomic E-state index is 0.153. The molecule has 3 heterocycles. The van der Waals surface area contributed by atoms with E-state index in [1.165, 1.54) is 5.56 Å². The Balaban J connectivity index is 1.46. The van der Waals surface area contributed by atoms with Crippen molar-refractivity contribution >= 4 is 5.91 Å². The van der Waals surface area contributed by atoms with Crippen molar-refractivity contribution in [1.82, 2.24) is 9.47 Å². The second-order valence-electron chi connectivity index (χ2n) is 7.43. The average Bonchev–Trinajstić information content (AvgIpc) is 3.32. The Bertz CT molecular complexity index is 902. The summed E-state index contributed by atoms with van der Waals surface area (Å²) in [4.78, 5) is 15.1. The van der Waals surface area contributed by atoms with E-state index >= 15 is 0 Å². The smallest absolute Gasteiger partial charge is 0.255 e. The zero-order chi connectivity index (χ0) is 18.8. The molecule has 0 bridgehead atoms. The Hall–Kier alpha value is -2.75. The predicted molar refractivity (Wildman–Crippen MR) is 106 cm³/mol. The molecule has 1 saturated heterocycles. The fraction of sp³-hybridized carbons (Fsp3) is 0.348. The van der Waals surface area contributed by atoms with Crippen LogP contribution in [-0.2, 0) is 6.54 Å². The van der Waals surface area contributed by atoms with E-state index in [0.29, 0.717) is 12.5 Å². The SMILES string of the molecule is Cc1cc(C(=O)N2CCC(c3ccccc3)CC2)c(C)n1Cc1ccco1. The van der Waals surface area contributed by atoms with Crippen LogP contribution in [0.3, 0.4) is 0 Å². The standard InChI is InChI=1S/C23H26N2O2/c1-17-15-22(18(2)25(17)16-21-9-6-14-27-21)23(26)24-12-10-20(11-13-24)19-7-4-3-5-8-19/h3-9,14-15,20H,10-13,16H2,1-2H3. The lowest BCUT2D eigenvalue weighted by Gasteiger charge is -2.32. The summed E-state index contributed by atoms with van der Waals surface area (Å²) < 4.78 is 7.63. The number of carbonyl (C=O) groups is 1. The monoisotopic (exact) mass is 362 g/mol. The van der Waals surface area contributed by atoms with E-state index in [4.69, 9.17) is 4.42 Å². The minimum Gasteiger partial charge on any atom is -0.467 e. The maximum Gasteiger partial charge on any atom is 0.255 e. The fourth-order valence-electron chi connectivity index (χ4n) is 4.13. The van der Waals surface area contributed by atoms with Gasteiger partial charge in [-0.05, 0) is 56.4 Å². The summed E-state index contributed by atoms with van der Waals surface area (Å²) >= 11 is 0. The highest BCUT2D eigenvalue weighted by molar-refractivity contribution is 5.95. The number of amides is 1. The normalized spacial score (nSPS) is 15.3. The predicted octanol–water partition coefficient (Wildman–Crippen LogP) is 4.77. The quantitative estimate of drug-likeness (QED) is 0.671. The second-order valence-corrected chi connectivity index (χ2v) is 7.43. The lowest BCUT2D eigenvalue weighted by atomic mass is 9.89. The number of hydrogen-bond acceptors (Lipinski definition) is 2. The van der Waals surface area contributed by atoms with Gasteiger partial charge < -0.3 is 13.9 Å². The first-order chi connectivity index (χ1) is 13.1. The van der Waals surface area contributed by atoms with Gasteiger partial charge in [0.2, 0.25) is 0 Å². The van der Waals surface area contributed by atoms with Crippen LogP contribution in [0, 0.1) is 13.8 Å². The Morgan fingerprint density at radius 1 is 1.07 bits per heavy atom. The number of carbonyl (C=O) groups excluding carboxylic acids is 1. The number of nitrogens with zero attached hydrogens (tertiary/aromatic N) is 2. The van der Waals surface area contributed by atoms with E-state index in [9.17, 15) is 4.79 Å². The molecule has 4 rings (SSSR count). The first-order valence-corrected chi connectivity index (χ1v) is 9.67. The van der Waals surface area contributed by atoms with Crippen molar-refractivity contribution in [3.63, 3.8) is 0 Å². The van der Waals surface area contributed by atoms with E-state index in [2.05, 4.69) is 34.9 Å². The minimum atomic E-state index is 0.153. The van der Waals surface area contributed by atoms with Gasteiger partial charge in [0.25, 0.3) is 5.91 Å². The molecule has 0 N–H and O–H groups in total. The molecule has 0 unspecified atom stereocenters. The van der Waals surface area contributed by atoms with Crippen molar-refractivity contribution in [3.05, 3.63) is 83.1 Å². The second kappa shape index (κ2) is 7.47. The van der Waals surface area contributed by atoms with Crippen molar-refractivity contribution in [1.29, 1.82) is 0 Å². The molecule has 27 heavy (non-hydrogen) atoms. The van der Waals surface area contributed by atoms with Crippen LogP contribution in [0.25, 0.3) is 0 Å². The molecule has 1 amide bonds. The summed E-state index contributed by atoms with van der Waals surface area (Å²) in [6.45, 7) is 6.38. The van der Waals surface area contributed by atoms with Crippen LogP contribution in [-0.4, -0.2) is 28.5 Å². The molecule has 0 saturated carbocycles. The number of furan rings is 1. The molecule has 0 radical (unpaired) electrons. The van der Waals surface area contributed by atoms with Crippen LogP contribution >= 0.6 is 0 Å². The van der Waals surface area contributed by atoms with E-state index < -0.39 is 0 Å². The van der Waals surface area contributed by atoms with E-state index in [-0.39, 0.29) is 5.91 Å². The Labute approximate surface area is 160 Å². The molecule has 1 aliphatic rings. The topological polar surface area (TPSA) is 38.4 Å². The summed E-state index contributed by atoms with van der Waals surface area (Å²) in [5.41, 5.74) is 4.31. The number of benzene rings is 1. The molecule has 1 aromatic carbocycles. The van der Waals surface area contributed by atoms with Gasteiger partial charge in [-0.2, -0.15) is 0 Å². The van der Waals surface area contributed by atoms with Crippen LogP contribution in [0.5, 0.6) is 0 Å². The third-order valence-corrected chi connectivity index (χ3v) is 5.75. The summed E-state index contributed by atoms with van der Waals surface area (Å²) in [6.07, 6.45) is 3.74. The van der Waals surface area contributed by atoms with Gasteiger partial charge in [-0.1, -0.05) is 30.3 Å². The van der Waals surface area contributed by atoms with Crippen molar-refractivity contribution in [2.45, 2.75) is 39.2 Å². The lowest BCUT2D eigenvalue weighted by molar-refractivity contribution is 0.0712. The maximum absolute atomic E-state index is 13.1. The van der Waals surface area contributed by atoms with Gasteiger partial charge in [-0.15, -0.1) is 0 Å². The zero-order valence-corrected chi connectivity index (χ0v) is 16.0. The molecular formula is C23H26N2O2. The molecule has 2 aromatic heterocycles. The molecule has 4 nitrogen and oxygen atoms in total. The summed E-state index contributed by atoms with van der Waals surface area (Å²) in [6, 6.07) is 16.5. The Kier molecular flexibility index (Phi) is 4.88. The molecule has 0 atom stereocenters. The fourth-order valence-corrected chi connectivity index (χ4v) is 4.13. The number of aryl methyl sites for hydroxylation is 1. The average molecular weight is 362 g/mol. The number of aromatic nitrogens is 1. The van der Waals surface area contributed by atoms with Gasteiger partial charge in [0.15, 0.2) is 0 Å². The van der Waals surface area contributed by atoms with Crippen LogP contribution in [0.15, 0.2) is 59.2 Å². The highest BCUT2D eigenvalue weighted by Crippen LogP contribution is 2.29. The molecule has 0 spiro atoms. The molecule has 4 heteroatoms. The summed E-state index contributed by atoms with van der Waals surface area (Å²) in [5.74, 6) is 1.61. The maximum atomic E-state index is 13.1. The zero-order valence-electron chi connectivity index (χ0n) is 16.0. The summed E-state index contributed by atoms with van der Waals surface area (Å²) in [7, 11) is 0. The van der Waals surface area contributed by atoms with Crippen LogP contribution in [0.4, 0.5) is 0 Å². The van der Waals surface area contributed by atoms with Gasteiger partial charge >= 0.3 is 0 Å². The molecule has 3 aromatic rings. The molecule has 0 aliphatic carbocycles. The van der Waals surface area contributed by atoms with E-state index in [1.54, 1.807) is 6.26 Å². The Morgan fingerprint density at radius 3 is 2.48 bits per heavy atom. The van der Waals surface area contributed by atoms with Crippen molar-refractivity contribution < 1.29 is 9.21 Å². The Morgan fingerprint density at radius 2 is 1.81 bits per heavy atom. The number of likely N-dealkylation sites (tertiary alicyclic amines) is 1. The highest BCUT2D eigenvalue weighted by atomic mass is 16.3. The lowest BCUT2D eigenvalue weighted by Crippen LogP contribution is -2.38. The van der Waals surface area contributed by atoms with Gasteiger partial charge in [-0.3, -0.25) is 4.79 Å². The van der Waals surface area contributed by atoms with Crippen molar-refractivity contribution in [3.8, 4) is 0 Å². The number of piperidine rings is 1. The van der Waals surface area contributed by atoms with E-state index in [0.717, 1.165) is 48.6 Å². The molecule has 140 valence electrons. The first kappa shape index (κ1) is 17.7. The van der Waals surface area contributed by atoms with Crippen LogP contribution < -0.4 is 0 Å². The van der Waals surface area contributed by atoms with Gasteiger partial charge in [0.05, 0.1) is 18.4 Å². The number of hydrogen-bond donors (Lipinski definition) is 0. The molecular weight excluding hydrogens is 336 g/mol. The first-order valence-electron chi connectivity index (χ1n) is 9.67. The van der Waals surface area contributed by atoms with Gasteiger partial charge in [0.1, 0.15) is 5.76 Å². The van der Waals surface area contributed by atoms with Crippen molar-refractivity contribution in [2.75, 3.05) is 13.1 Å². The largest absolute Gasteiger partial charge is 0.467 e. The van der Waals surface area contributed by atoms with Crippen LogP contribution in [0.2, 0.25) is 0 Å². The van der Waals surface area contributed by atoms with Gasteiger partial charge in [0, 0.05) is 24.5 Å².